The first-order valence-corrected chi connectivity index (χ1v) is 10.4. The molecule has 5 aliphatic rings. The van der Waals surface area contributed by atoms with Crippen LogP contribution >= 0.6 is 0 Å². The Morgan fingerprint density at radius 2 is 1.72 bits per heavy atom. The average molecular weight is 394 g/mol. The van der Waals surface area contributed by atoms with Crippen LogP contribution in [0.25, 0.3) is 0 Å². The summed E-state index contributed by atoms with van der Waals surface area (Å²) < 4.78 is 24.4. The van der Waals surface area contributed by atoms with Crippen molar-refractivity contribution in [3.05, 3.63) is 59.4 Å². The second-order valence-electron chi connectivity index (χ2n) is 8.54. The van der Waals surface area contributed by atoms with Gasteiger partial charge in [0.15, 0.2) is 11.5 Å². The monoisotopic (exact) mass is 394 g/mol. The fraction of sp³-hybridized carbons (Fsp3) is 0.435. The third kappa shape index (κ3) is 2.65. The van der Waals surface area contributed by atoms with E-state index in [0.717, 1.165) is 37.4 Å². The van der Waals surface area contributed by atoms with E-state index in [9.17, 15) is 9.18 Å². The molecule has 5 aliphatic heterocycles. The number of hydrogen-bond acceptors (Lipinski definition) is 4. The van der Waals surface area contributed by atoms with Crippen molar-refractivity contribution >= 4 is 5.91 Å². The zero-order valence-electron chi connectivity index (χ0n) is 16.1. The second-order valence-corrected chi connectivity index (χ2v) is 8.54. The fourth-order valence-electron chi connectivity index (χ4n) is 5.85. The van der Waals surface area contributed by atoms with Crippen molar-refractivity contribution in [3.63, 3.8) is 0 Å². The number of benzene rings is 2. The number of carbonyl (C=O) groups is 1. The Balaban J connectivity index is 1.37. The van der Waals surface area contributed by atoms with E-state index in [2.05, 4.69) is 21.9 Å². The van der Waals surface area contributed by atoms with Crippen LogP contribution in [-0.4, -0.2) is 54.2 Å². The summed E-state index contributed by atoms with van der Waals surface area (Å²) in [4.78, 5) is 18.0. The topological polar surface area (TPSA) is 42.0 Å². The van der Waals surface area contributed by atoms with E-state index in [0.29, 0.717) is 24.1 Å². The van der Waals surface area contributed by atoms with Crippen molar-refractivity contribution in [3.8, 4) is 11.5 Å². The lowest BCUT2D eigenvalue weighted by atomic mass is 9.75. The minimum absolute atomic E-state index is 0.0111. The molecular formula is C23H23FN2O3. The molecule has 0 aromatic heterocycles. The normalized spacial score (nSPS) is 31.8. The number of halogens is 1. The third-order valence-corrected chi connectivity index (χ3v) is 7.17. The molecule has 1 amide bonds. The van der Waals surface area contributed by atoms with Crippen LogP contribution in [0.3, 0.4) is 0 Å². The Kier molecular flexibility index (Phi) is 3.85. The molecule has 2 aromatic rings. The Bertz CT molecular complexity index is 955. The highest BCUT2D eigenvalue weighted by Crippen LogP contribution is 2.48. The first-order chi connectivity index (χ1) is 14.2. The summed E-state index contributed by atoms with van der Waals surface area (Å²) >= 11 is 0. The Hall–Kier alpha value is -2.60. The van der Waals surface area contributed by atoms with Gasteiger partial charge in [-0.15, -0.1) is 0 Å². The summed E-state index contributed by atoms with van der Waals surface area (Å²) in [7, 11) is 0. The average Bonchev–Trinajstić information content (AvgIpc) is 3.40. The molecule has 4 fully saturated rings. The Labute approximate surface area is 169 Å². The maximum absolute atomic E-state index is 13.4. The molecule has 0 aliphatic carbocycles. The molecular weight excluding hydrogens is 371 g/mol. The summed E-state index contributed by atoms with van der Waals surface area (Å²) in [6.45, 7) is 3.15. The van der Waals surface area contributed by atoms with Crippen molar-refractivity contribution in [2.24, 2.45) is 5.92 Å². The molecule has 29 heavy (non-hydrogen) atoms. The standard InChI is InChI=1S/C23H23FN2O3/c24-17-4-1-15(2-5-17)23(27)26-12-18(16-3-6-19-20(11-16)29-13-28-19)22-21(26)14-7-9-25(22)10-8-14/h1-6,11,14,18,21-22H,7-10,12-13H2/t18-,21+,22+/m1/s1. The van der Waals surface area contributed by atoms with E-state index in [1.807, 2.05) is 6.07 Å². The highest BCUT2D eigenvalue weighted by molar-refractivity contribution is 5.94. The summed E-state index contributed by atoms with van der Waals surface area (Å²) in [5, 5.41) is 0. The molecule has 5 heterocycles. The van der Waals surface area contributed by atoms with Gasteiger partial charge in [0, 0.05) is 24.1 Å². The second kappa shape index (κ2) is 6.46. The number of amides is 1. The predicted octanol–water partition coefficient (Wildman–Crippen LogP) is 3.26. The van der Waals surface area contributed by atoms with E-state index in [-0.39, 0.29) is 30.5 Å². The van der Waals surface area contributed by atoms with Crippen LogP contribution in [0, 0.1) is 11.7 Å². The SMILES string of the molecule is O=C(c1ccc(F)cc1)N1C[C@H](c2ccc3c(c2)OCO3)[C@H]2[C@@H]1C1CCN2CC1. The van der Waals surface area contributed by atoms with Gasteiger partial charge in [-0.05, 0) is 73.8 Å². The highest BCUT2D eigenvalue weighted by atomic mass is 19.1. The van der Waals surface area contributed by atoms with E-state index < -0.39 is 0 Å². The summed E-state index contributed by atoms with van der Waals surface area (Å²) in [5.74, 6) is 2.04. The van der Waals surface area contributed by atoms with Gasteiger partial charge in [-0.2, -0.15) is 0 Å². The number of likely N-dealkylation sites (tertiary alicyclic amines) is 1. The lowest BCUT2D eigenvalue weighted by molar-refractivity contribution is -0.00341. The molecule has 5 nitrogen and oxygen atoms in total. The van der Waals surface area contributed by atoms with Crippen LogP contribution < -0.4 is 9.47 Å². The van der Waals surface area contributed by atoms with Gasteiger partial charge < -0.3 is 14.4 Å². The Morgan fingerprint density at radius 3 is 2.52 bits per heavy atom. The van der Waals surface area contributed by atoms with Crippen molar-refractivity contribution in [1.29, 1.82) is 0 Å². The van der Waals surface area contributed by atoms with Crippen LogP contribution in [-0.2, 0) is 0 Å². The first kappa shape index (κ1) is 17.3. The largest absolute Gasteiger partial charge is 0.454 e. The van der Waals surface area contributed by atoms with Crippen LogP contribution in [0.1, 0.15) is 34.7 Å². The maximum atomic E-state index is 13.4. The molecule has 7 rings (SSSR count). The van der Waals surface area contributed by atoms with Gasteiger partial charge in [0.1, 0.15) is 5.82 Å². The molecule has 2 aromatic carbocycles. The molecule has 2 bridgehead atoms. The fourth-order valence-corrected chi connectivity index (χ4v) is 5.85. The van der Waals surface area contributed by atoms with Crippen LogP contribution in [0.2, 0.25) is 0 Å². The van der Waals surface area contributed by atoms with Crippen LogP contribution in [0.5, 0.6) is 11.5 Å². The van der Waals surface area contributed by atoms with Crippen LogP contribution in [0.15, 0.2) is 42.5 Å². The number of carbonyl (C=O) groups excluding carboxylic acids is 1. The van der Waals surface area contributed by atoms with E-state index in [1.165, 1.54) is 17.7 Å². The van der Waals surface area contributed by atoms with Gasteiger partial charge in [-0.1, -0.05) is 6.07 Å². The van der Waals surface area contributed by atoms with Crippen molar-refractivity contribution in [1.82, 2.24) is 9.80 Å². The zero-order valence-corrected chi connectivity index (χ0v) is 16.1. The van der Waals surface area contributed by atoms with E-state index in [1.54, 1.807) is 12.1 Å². The summed E-state index contributed by atoms with van der Waals surface area (Å²) in [5.41, 5.74) is 1.76. The lowest BCUT2D eigenvalue weighted by Crippen LogP contribution is -2.60. The van der Waals surface area contributed by atoms with Crippen molar-refractivity contribution in [2.45, 2.75) is 30.8 Å². The van der Waals surface area contributed by atoms with Crippen molar-refractivity contribution < 1.29 is 18.7 Å². The van der Waals surface area contributed by atoms with Crippen LogP contribution in [0.4, 0.5) is 4.39 Å². The predicted molar refractivity (Wildman–Crippen MR) is 105 cm³/mol. The van der Waals surface area contributed by atoms with Gasteiger partial charge in [0.2, 0.25) is 6.79 Å². The molecule has 0 spiro atoms. The number of hydrogen-bond donors (Lipinski definition) is 0. The number of piperidine rings is 3. The quantitative estimate of drug-likeness (QED) is 0.784. The minimum atomic E-state index is -0.318. The molecule has 0 radical (unpaired) electrons. The summed E-state index contributed by atoms with van der Waals surface area (Å²) in [6, 6.07) is 12.7. The first-order valence-electron chi connectivity index (χ1n) is 10.4. The molecule has 6 heteroatoms. The summed E-state index contributed by atoms with van der Waals surface area (Å²) in [6.07, 6.45) is 2.28. The number of fused-ring (bicyclic) bond motifs is 3. The van der Waals surface area contributed by atoms with Gasteiger partial charge in [-0.25, -0.2) is 4.39 Å². The van der Waals surface area contributed by atoms with E-state index >= 15 is 0 Å². The zero-order chi connectivity index (χ0) is 19.5. The van der Waals surface area contributed by atoms with Gasteiger partial charge >= 0.3 is 0 Å². The van der Waals surface area contributed by atoms with Crippen molar-refractivity contribution in [2.75, 3.05) is 26.4 Å². The molecule has 0 unspecified atom stereocenters. The minimum Gasteiger partial charge on any atom is -0.454 e. The van der Waals surface area contributed by atoms with Gasteiger partial charge in [0.05, 0.1) is 6.04 Å². The molecule has 0 saturated carbocycles. The molecule has 3 atom stereocenters. The van der Waals surface area contributed by atoms with Gasteiger partial charge in [-0.3, -0.25) is 9.69 Å². The lowest BCUT2D eigenvalue weighted by Gasteiger charge is -2.51. The number of rotatable bonds is 2. The molecule has 4 saturated heterocycles. The van der Waals surface area contributed by atoms with Gasteiger partial charge in [0.25, 0.3) is 5.91 Å². The van der Waals surface area contributed by atoms with E-state index in [4.69, 9.17) is 9.47 Å². The Morgan fingerprint density at radius 1 is 0.966 bits per heavy atom. The maximum Gasteiger partial charge on any atom is 0.254 e. The highest BCUT2D eigenvalue weighted by Gasteiger charge is 2.54. The molecule has 150 valence electrons. The number of nitrogens with zero attached hydrogens (tertiary/aromatic N) is 2. The third-order valence-electron chi connectivity index (χ3n) is 7.17. The molecule has 0 N–H and O–H groups in total. The number of ether oxygens (including phenoxy) is 2. The smallest absolute Gasteiger partial charge is 0.254 e.